The molecule has 0 bridgehead atoms. The number of amides is 1. The normalized spacial score (nSPS) is 18.1. The largest absolute Gasteiger partial charge is 0.397 e. The fourth-order valence-electron chi connectivity index (χ4n) is 12.7. The molecule has 1 fully saturated rings. The Hall–Kier alpha value is -0.900. The third-order valence-corrected chi connectivity index (χ3v) is 18.9. The van der Waals surface area contributed by atoms with E-state index in [-0.39, 0.29) is 12.5 Å². The van der Waals surface area contributed by atoms with Crippen LogP contribution in [0.2, 0.25) is 0 Å². The molecule has 13 heteroatoms. The molecule has 1 aliphatic rings. The zero-order valence-corrected chi connectivity index (χ0v) is 56.8. The number of nitrogens with one attached hydrogen (secondary N) is 1. The summed E-state index contributed by atoms with van der Waals surface area (Å²) < 4.78 is 48.1. The predicted octanol–water partition coefficient (Wildman–Crippen LogP) is 19.9. The third kappa shape index (κ3) is 53.5. The van der Waals surface area contributed by atoms with Gasteiger partial charge < -0.3 is 35.2 Å². The summed E-state index contributed by atoms with van der Waals surface area (Å²) in [5.74, 6) is -0.218. The fourth-order valence-corrected chi connectivity index (χ4v) is 13.2. The maximum Gasteiger partial charge on any atom is 0.397 e. The molecular formula is C72H143NO11S. The topological polar surface area (TPSA) is 192 Å². The van der Waals surface area contributed by atoms with E-state index in [1.54, 1.807) is 0 Å². The highest BCUT2D eigenvalue weighted by Crippen LogP contribution is 2.27. The van der Waals surface area contributed by atoms with Gasteiger partial charge in [-0.15, -0.1) is 0 Å². The van der Waals surface area contributed by atoms with E-state index in [9.17, 15) is 38.2 Å². The van der Waals surface area contributed by atoms with E-state index in [4.69, 9.17) is 9.47 Å². The van der Waals surface area contributed by atoms with Gasteiger partial charge in [0.2, 0.25) is 5.91 Å². The van der Waals surface area contributed by atoms with E-state index in [0.717, 1.165) is 51.4 Å². The van der Waals surface area contributed by atoms with Crippen LogP contribution in [-0.2, 0) is 28.9 Å². The quantitative estimate of drug-likeness (QED) is 0.0251. The number of hydrogen-bond acceptors (Lipinski definition) is 10. The van der Waals surface area contributed by atoms with Gasteiger partial charge in [-0.25, -0.2) is 4.18 Å². The van der Waals surface area contributed by atoms with Gasteiger partial charge in [-0.3, -0.25) is 9.35 Å². The molecule has 6 N–H and O–H groups in total. The lowest BCUT2D eigenvalue weighted by molar-refractivity contribution is -0.298. The highest BCUT2D eigenvalue weighted by atomic mass is 32.3. The average molecular weight is 1230 g/mol. The van der Waals surface area contributed by atoms with E-state index in [0.29, 0.717) is 12.8 Å². The van der Waals surface area contributed by atoms with Crippen molar-refractivity contribution in [2.24, 2.45) is 0 Å². The molecule has 508 valence electrons. The van der Waals surface area contributed by atoms with Gasteiger partial charge in [0, 0.05) is 6.42 Å². The van der Waals surface area contributed by atoms with Crippen LogP contribution < -0.4 is 5.32 Å². The molecule has 0 aromatic heterocycles. The Morgan fingerprint density at radius 2 is 0.682 bits per heavy atom. The minimum atomic E-state index is -5.08. The first-order chi connectivity index (χ1) is 41.5. The van der Waals surface area contributed by atoms with Crippen molar-refractivity contribution in [2.75, 3.05) is 13.2 Å². The Labute approximate surface area is 526 Å². The zero-order chi connectivity index (χ0) is 61.8. The Bertz CT molecular complexity index is 1490. The van der Waals surface area contributed by atoms with Gasteiger partial charge in [0.1, 0.15) is 24.4 Å². The molecule has 1 amide bonds. The summed E-state index contributed by atoms with van der Waals surface area (Å²) in [7, 11) is -5.08. The summed E-state index contributed by atoms with van der Waals surface area (Å²) in [6.45, 7) is 3.54. The number of carbonyl (C=O) groups excluding carboxylic acids is 1. The molecule has 0 saturated carbocycles. The molecule has 1 aliphatic heterocycles. The van der Waals surface area contributed by atoms with Gasteiger partial charge in [0.25, 0.3) is 0 Å². The summed E-state index contributed by atoms with van der Waals surface area (Å²) in [6, 6.07) is -0.855. The molecule has 1 rings (SSSR count). The van der Waals surface area contributed by atoms with E-state index in [2.05, 4.69) is 23.3 Å². The summed E-state index contributed by atoms with van der Waals surface area (Å²) in [4.78, 5) is 13.2. The van der Waals surface area contributed by atoms with Crippen LogP contribution in [0.15, 0.2) is 0 Å². The van der Waals surface area contributed by atoms with Crippen molar-refractivity contribution >= 4 is 16.3 Å². The molecule has 0 radical (unpaired) electrons. The maximum absolute atomic E-state index is 13.2. The number of hydrogen-bond donors (Lipinski definition) is 6. The molecule has 0 aromatic rings. The molecule has 0 spiro atoms. The summed E-state index contributed by atoms with van der Waals surface area (Å²) in [5.41, 5.74) is 0. The molecule has 1 saturated heterocycles. The molecule has 12 nitrogen and oxygen atoms in total. The van der Waals surface area contributed by atoms with Crippen LogP contribution in [0.5, 0.6) is 0 Å². The molecule has 7 atom stereocenters. The Morgan fingerprint density at radius 3 is 0.941 bits per heavy atom. The van der Waals surface area contributed by atoms with Crippen molar-refractivity contribution in [3.05, 3.63) is 0 Å². The monoisotopic (exact) mass is 1230 g/mol. The van der Waals surface area contributed by atoms with Crippen molar-refractivity contribution in [3.63, 3.8) is 0 Å². The first kappa shape index (κ1) is 82.1. The SMILES string of the molecule is CCCCCCCCCCCCCCCCCCCCCCCCCCCCCCCCCCCCCCCC(=O)NC(COC1OC(CO)C(O)C(OS(=O)(=O)O)C1O)C(O)CCCCCCCCCCCCCCCCCCCCCCC. The van der Waals surface area contributed by atoms with E-state index < -0.39 is 59.9 Å². The highest BCUT2D eigenvalue weighted by molar-refractivity contribution is 7.80. The van der Waals surface area contributed by atoms with Crippen LogP contribution >= 0.6 is 0 Å². The second kappa shape index (κ2) is 61.9. The van der Waals surface area contributed by atoms with Crippen molar-refractivity contribution in [2.45, 2.75) is 442 Å². The third-order valence-electron chi connectivity index (χ3n) is 18.4. The first-order valence-electron chi connectivity index (χ1n) is 37.4. The van der Waals surface area contributed by atoms with Gasteiger partial charge in [0.15, 0.2) is 6.29 Å². The first-order valence-corrected chi connectivity index (χ1v) is 38.8. The van der Waals surface area contributed by atoms with E-state index in [1.807, 2.05) is 0 Å². The second-order valence-corrected chi connectivity index (χ2v) is 27.7. The van der Waals surface area contributed by atoms with Crippen LogP contribution in [0.25, 0.3) is 0 Å². The summed E-state index contributed by atoms with van der Waals surface area (Å²) >= 11 is 0. The van der Waals surface area contributed by atoms with Gasteiger partial charge in [-0.05, 0) is 12.8 Å². The standard InChI is InChI=1S/C72H143NO11S/c1-3-5-7-9-11-13-15-17-19-21-23-25-26-27-28-29-30-31-32-33-34-35-36-37-38-39-40-42-44-46-48-50-52-54-56-58-60-62-68(76)73-65(64-82-72-70(78)71(84-85(79,80)81)69(77)67(63-74)83-72)66(75)61-59-57-55-53-51-49-47-45-43-41-24-22-20-18-16-14-12-10-8-6-4-2/h65-67,69-72,74-75,77-78H,3-64H2,1-2H3,(H,73,76)(H,79,80,81). The van der Waals surface area contributed by atoms with Crippen molar-refractivity contribution in [1.29, 1.82) is 0 Å². The van der Waals surface area contributed by atoms with Crippen molar-refractivity contribution in [3.8, 4) is 0 Å². The average Bonchev–Trinajstić information content (AvgIpc) is 3.45. The lowest BCUT2D eigenvalue weighted by Gasteiger charge is -2.41. The van der Waals surface area contributed by atoms with Crippen LogP contribution in [0.4, 0.5) is 0 Å². The van der Waals surface area contributed by atoms with E-state index >= 15 is 0 Å². The number of ether oxygens (including phenoxy) is 2. The van der Waals surface area contributed by atoms with Crippen molar-refractivity contribution in [1.82, 2.24) is 5.32 Å². The minimum absolute atomic E-state index is 0.218. The second-order valence-electron chi connectivity index (χ2n) is 26.6. The van der Waals surface area contributed by atoms with Crippen LogP contribution in [0, 0.1) is 0 Å². The molecule has 0 aromatic carbocycles. The summed E-state index contributed by atoms with van der Waals surface area (Å²) in [5, 5.41) is 45.4. The van der Waals surface area contributed by atoms with Crippen LogP contribution in [0.1, 0.15) is 399 Å². The fraction of sp³-hybridized carbons (Fsp3) is 0.986. The van der Waals surface area contributed by atoms with Crippen molar-refractivity contribution < 1.29 is 51.8 Å². The van der Waals surface area contributed by atoms with Crippen LogP contribution in [-0.4, -0.2) is 95.4 Å². The highest BCUT2D eigenvalue weighted by Gasteiger charge is 2.48. The predicted molar refractivity (Wildman–Crippen MR) is 356 cm³/mol. The smallest absolute Gasteiger partial charge is 0.394 e. The number of carbonyl (C=O) groups is 1. The Morgan fingerprint density at radius 1 is 0.424 bits per heavy atom. The van der Waals surface area contributed by atoms with E-state index in [1.165, 1.54) is 321 Å². The molecule has 85 heavy (non-hydrogen) atoms. The minimum Gasteiger partial charge on any atom is -0.394 e. The number of rotatable bonds is 68. The molecule has 0 aliphatic carbocycles. The number of aliphatic hydroxyl groups is 4. The number of unbranched alkanes of at least 4 members (excludes halogenated alkanes) is 56. The number of aliphatic hydroxyl groups excluding tert-OH is 4. The Kier molecular flexibility index (Phi) is 59.8. The molecule has 1 heterocycles. The molecule has 7 unspecified atom stereocenters. The summed E-state index contributed by atoms with van der Waals surface area (Å²) in [6.07, 6.45) is 68.8. The zero-order valence-electron chi connectivity index (χ0n) is 56.0. The lowest BCUT2D eigenvalue weighted by Crippen LogP contribution is -2.61. The van der Waals surface area contributed by atoms with Gasteiger partial charge in [-0.2, -0.15) is 8.42 Å². The van der Waals surface area contributed by atoms with Gasteiger partial charge >= 0.3 is 10.4 Å². The Balaban J connectivity index is 2.14. The maximum atomic E-state index is 13.2. The van der Waals surface area contributed by atoms with Gasteiger partial charge in [-0.1, -0.05) is 380 Å². The van der Waals surface area contributed by atoms with Crippen LogP contribution in [0.3, 0.4) is 0 Å². The van der Waals surface area contributed by atoms with Gasteiger partial charge in [0.05, 0.1) is 25.4 Å². The lowest BCUT2D eigenvalue weighted by atomic mass is 9.99. The molecular weight excluding hydrogens is 1090 g/mol.